The van der Waals surface area contributed by atoms with Gasteiger partial charge in [-0.1, -0.05) is 18.2 Å². The number of hydrogen-bond acceptors (Lipinski definition) is 5. The Morgan fingerprint density at radius 2 is 1.81 bits per heavy atom. The molecule has 0 aliphatic carbocycles. The van der Waals surface area contributed by atoms with Crippen molar-refractivity contribution in [2.45, 2.75) is 13.8 Å². The first-order chi connectivity index (χ1) is 12.9. The fourth-order valence-electron chi connectivity index (χ4n) is 2.63. The number of para-hydroxylation sites is 1. The number of carbonyl (C=O) groups excluding carboxylic acids is 2. The van der Waals surface area contributed by atoms with E-state index in [9.17, 15) is 14.4 Å². The molecule has 3 rings (SSSR count). The second-order valence-electron chi connectivity index (χ2n) is 5.97. The molecule has 1 N–H and O–H groups in total. The first kappa shape index (κ1) is 18.7. The molecule has 7 nitrogen and oxygen atoms in total. The number of esters is 1. The summed E-state index contributed by atoms with van der Waals surface area (Å²) in [5.41, 5.74) is 1.09. The normalized spacial score (nSPS) is 10.6. The minimum absolute atomic E-state index is 0.161. The predicted molar refractivity (Wildman–Crippen MR) is 104 cm³/mol. The monoisotopic (exact) mass is 385 g/mol. The third kappa shape index (κ3) is 3.85. The molecule has 0 fully saturated rings. The summed E-state index contributed by atoms with van der Waals surface area (Å²) in [6, 6.07) is 12.6. The number of thiophene rings is 1. The summed E-state index contributed by atoms with van der Waals surface area (Å²) in [4.78, 5) is 38.2. The molecular weight excluding hydrogens is 366 g/mol. The molecule has 0 saturated heterocycles. The number of amides is 1. The van der Waals surface area contributed by atoms with Crippen molar-refractivity contribution in [2.24, 2.45) is 7.05 Å². The Bertz CT molecular complexity index is 1050. The maximum absolute atomic E-state index is 12.7. The Hall–Kier alpha value is -3.13. The Kier molecular flexibility index (Phi) is 5.27. The minimum atomic E-state index is -0.567. The molecule has 0 bridgehead atoms. The topological polar surface area (TPSA) is 82.3 Å². The van der Waals surface area contributed by atoms with Gasteiger partial charge in [0.25, 0.3) is 11.5 Å². The van der Waals surface area contributed by atoms with E-state index in [1.54, 1.807) is 42.9 Å². The molecular formula is C19H19N3O4S. The van der Waals surface area contributed by atoms with Gasteiger partial charge in [-0.05, 0) is 38.1 Å². The number of anilines is 1. The summed E-state index contributed by atoms with van der Waals surface area (Å²) in [5.74, 6) is -1.13. The predicted octanol–water partition coefficient (Wildman–Crippen LogP) is 2.65. The van der Waals surface area contributed by atoms with E-state index in [2.05, 4.69) is 5.32 Å². The zero-order valence-electron chi connectivity index (χ0n) is 15.2. The molecule has 2 aromatic heterocycles. The molecule has 27 heavy (non-hydrogen) atoms. The Labute approximate surface area is 159 Å². The second kappa shape index (κ2) is 7.63. The van der Waals surface area contributed by atoms with Crippen molar-refractivity contribution in [1.82, 2.24) is 9.36 Å². The Morgan fingerprint density at radius 1 is 1.11 bits per heavy atom. The average Bonchev–Trinajstić information content (AvgIpc) is 3.18. The van der Waals surface area contributed by atoms with Crippen LogP contribution in [0.2, 0.25) is 0 Å². The number of aryl methyl sites for hydroxylation is 1. The van der Waals surface area contributed by atoms with E-state index >= 15 is 0 Å². The molecule has 3 aromatic rings. The molecule has 140 valence electrons. The van der Waals surface area contributed by atoms with Crippen LogP contribution in [0.5, 0.6) is 0 Å². The maximum atomic E-state index is 12.7. The highest BCUT2D eigenvalue weighted by Gasteiger charge is 2.19. The number of nitrogens with zero attached hydrogens (tertiary/aromatic N) is 2. The number of nitrogens with one attached hydrogen (secondary N) is 1. The minimum Gasteiger partial charge on any atom is -0.451 e. The van der Waals surface area contributed by atoms with Gasteiger partial charge >= 0.3 is 5.97 Å². The number of ether oxygens (including phenoxy) is 1. The molecule has 1 aromatic carbocycles. The van der Waals surface area contributed by atoms with Gasteiger partial charge in [-0.3, -0.25) is 14.3 Å². The zero-order valence-corrected chi connectivity index (χ0v) is 16.0. The number of aromatic nitrogens is 2. The fourth-order valence-corrected chi connectivity index (χ4v) is 3.40. The molecule has 8 heteroatoms. The third-order valence-electron chi connectivity index (χ3n) is 4.09. The van der Waals surface area contributed by atoms with Crippen LogP contribution >= 0.6 is 11.3 Å². The van der Waals surface area contributed by atoms with E-state index in [1.807, 2.05) is 25.1 Å². The number of hydrogen-bond donors (Lipinski definition) is 1. The molecule has 0 spiro atoms. The fraction of sp³-hybridized carbons (Fsp3) is 0.211. The first-order valence-corrected chi connectivity index (χ1v) is 9.07. The van der Waals surface area contributed by atoms with Gasteiger partial charge in [-0.15, -0.1) is 11.3 Å². The molecule has 0 saturated carbocycles. The van der Waals surface area contributed by atoms with Crippen LogP contribution in [0.3, 0.4) is 0 Å². The van der Waals surface area contributed by atoms with Crippen molar-refractivity contribution >= 4 is 28.9 Å². The van der Waals surface area contributed by atoms with Crippen LogP contribution in [-0.2, 0) is 16.6 Å². The molecule has 0 aliphatic rings. The van der Waals surface area contributed by atoms with Crippen molar-refractivity contribution in [3.63, 3.8) is 0 Å². The van der Waals surface area contributed by atoms with Crippen LogP contribution in [0.1, 0.15) is 20.2 Å². The standard InChI is InChI=1S/C19H19N3O4S/c1-12-9-10-15(27-12)19(25)26-11-16(23)20-17-13(2)21(3)22(18(17)24)14-7-5-4-6-8-14/h4-10H,11H2,1-3H3,(H,20,23). The highest BCUT2D eigenvalue weighted by molar-refractivity contribution is 7.13. The van der Waals surface area contributed by atoms with Gasteiger partial charge in [-0.25, -0.2) is 9.48 Å². The van der Waals surface area contributed by atoms with Crippen molar-refractivity contribution in [3.8, 4) is 5.69 Å². The smallest absolute Gasteiger partial charge is 0.348 e. The second-order valence-corrected chi connectivity index (χ2v) is 7.26. The maximum Gasteiger partial charge on any atom is 0.348 e. The van der Waals surface area contributed by atoms with E-state index in [4.69, 9.17) is 4.74 Å². The van der Waals surface area contributed by atoms with E-state index < -0.39 is 18.5 Å². The lowest BCUT2D eigenvalue weighted by molar-refractivity contribution is -0.119. The van der Waals surface area contributed by atoms with Gasteiger partial charge in [-0.2, -0.15) is 0 Å². The van der Waals surface area contributed by atoms with Crippen LogP contribution < -0.4 is 10.9 Å². The molecule has 2 heterocycles. The highest BCUT2D eigenvalue weighted by Crippen LogP contribution is 2.16. The molecule has 1 amide bonds. The lowest BCUT2D eigenvalue weighted by Crippen LogP contribution is -2.25. The molecule has 0 aliphatic heterocycles. The van der Waals surface area contributed by atoms with E-state index in [0.29, 0.717) is 16.3 Å². The van der Waals surface area contributed by atoms with Gasteiger partial charge in [0, 0.05) is 11.9 Å². The summed E-state index contributed by atoms with van der Waals surface area (Å²) in [5, 5.41) is 2.55. The lowest BCUT2D eigenvalue weighted by atomic mass is 10.3. The average molecular weight is 385 g/mol. The van der Waals surface area contributed by atoms with Crippen molar-refractivity contribution < 1.29 is 14.3 Å². The largest absolute Gasteiger partial charge is 0.451 e. The number of benzene rings is 1. The van der Waals surface area contributed by atoms with Gasteiger partial charge in [0.05, 0.1) is 11.4 Å². The van der Waals surface area contributed by atoms with Gasteiger partial charge in [0.2, 0.25) is 0 Å². The zero-order chi connectivity index (χ0) is 19.6. The van der Waals surface area contributed by atoms with Gasteiger partial charge in [0.1, 0.15) is 10.6 Å². The molecule has 0 unspecified atom stereocenters. The van der Waals surface area contributed by atoms with Crippen molar-refractivity contribution in [1.29, 1.82) is 0 Å². The van der Waals surface area contributed by atoms with Gasteiger partial charge in [0.15, 0.2) is 6.61 Å². The van der Waals surface area contributed by atoms with Crippen LogP contribution in [0.4, 0.5) is 5.69 Å². The number of rotatable bonds is 5. The van der Waals surface area contributed by atoms with E-state index in [-0.39, 0.29) is 11.2 Å². The van der Waals surface area contributed by atoms with Crippen LogP contribution in [-0.4, -0.2) is 27.8 Å². The van der Waals surface area contributed by atoms with Crippen molar-refractivity contribution in [3.05, 3.63) is 68.3 Å². The molecule has 0 radical (unpaired) electrons. The summed E-state index contributed by atoms with van der Waals surface area (Å²) >= 11 is 1.30. The van der Waals surface area contributed by atoms with Crippen molar-refractivity contribution in [2.75, 3.05) is 11.9 Å². The van der Waals surface area contributed by atoms with Gasteiger partial charge < -0.3 is 10.1 Å². The SMILES string of the molecule is Cc1ccc(C(=O)OCC(=O)Nc2c(C)n(C)n(-c3ccccc3)c2=O)s1. The van der Waals surface area contributed by atoms with E-state index in [0.717, 1.165) is 4.88 Å². The summed E-state index contributed by atoms with van der Waals surface area (Å²) in [6.07, 6.45) is 0. The summed E-state index contributed by atoms with van der Waals surface area (Å²) in [7, 11) is 1.73. The van der Waals surface area contributed by atoms with Crippen LogP contribution in [0.25, 0.3) is 5.69 Å². The Balaban J connectivity index is 1.73. The summed E-state index contributed by atoms with van der Waals surface area (Å²) < 4.78 is 8.14. The highest BCUT2D eigenvalue weighted by atomic mass is 32.1. The lowest BCUT2D eigenvalue weighted by Gasteiger charge is -2.07. The number of carbonyl (C=O) groups is 2. The Morgan fingerprint density at radius 3 is 2.44 bits per heavy atom. The first-order valence-electron chi connectivity index (χ1n) is 8.26. The third-order valence-corrected chi connectivity index (χ3v) is 5.08. The summed E-state index contributed by atoms with van der Waals surface area (Å²) in [6.45, 7) is 3.15. The van der Waals surface area contributed by atoms with Crippen LogP contribution in [0, 0.1) is 13.8 Å². The quantitative estimate of drug-likeness (QED) is 0.685. The van der Waals surface area contributed by atoms with E-state index in [1.165, 1.54) is 16.0 Å². The van der Waals surface area contributed by atoms with Crippen LogP contribution in [0.15, 0.2) is 47.3 Å². The molecule has 0 atom stereocenters.